The van der Waals surface area contributed by atoms with Gasteiger partial charge in [0.25, 0.3) is 0 Å². The fourth-order valence-electron chi connectivity index (χ4n) is 1.02. The van der Waals surface area contributed by atoms with Crippen molar-refractivity contribution in [2.75, 3.05) is 34.3 Å². The summed E-state index contributed by atoms with van der Waals surface area (Å²) >= 11 is 0. The Kier molecular flexibility index (Phi) is 7.18. The van der Waals surface area contributed by atoms with Crippen molar-refractivity contribution in [3.8, 4) is 0 Å². The Morgan fingerprint density at radius 1 is 1.56 bits per heavy atom. The summed E-state index contributed by atoms with van der Waals surface area (Å²) in [6.45, 7) is 1.11. The number of aliphatic carboxylic acids is 1. The second kappa shape index (κ2) is 7.80. The number of quaternary nitrogens is 1. The van der Waals surface area contributed by atoms with Crippen LogP contribution in [0.1, 0.15) is 5.69 Å². The summed E-state index contributed by atoms with van der Waals surface area (Å²) in [5, 5.41) is 16.8. The number of carbonyl (C=O) groups is 1. The number of aromatic nitrogens is 2. The fourth-order valence-corrected chi connectivity index (χ4v) is 1.02. The molecule has 0 saturated heterocycles. The Hall–Kier alpha value is -1.44. The molecule has 1 heterocycles. The molecule has 0 aliphatic heterocycles. The molecule has 1 atom stereocenters. The minimum absolute atomic E-state index is 0.281. The lowest BCUT2D eigenvalue weighted by Gasteiger charge is -2.21. The van der Waals surface area contributed by atoms with Gasteiger partial charge < -0.3 is 25.4 Å². The molecule has 104 valence electrons. The SMILES string of the molecule is C[N+](C)(C)CCO.N[C@@H](Cc1cnc[nH]1)C(=O)O. The van der Waals surface area contributed by atoms with Crippen LogP contribution in [0, 0.1) is 0 Å². The Balaban J connectivity index is 0.000000360. The van der Waals surface area contributed by atoms with Crippen LogP contribution in [0.4, 0.5) is 0 Å². The van der Waals surface area contributed by atoms with Gasteiger partial charge in [0, 0.05) is 18.3 Å². The Labute approximate surface area is 107 Å². The van der Waals surface area contributed by atoms with Gasteiger partial charge in [-0.2, -0.15) is 0 Å². The maximum Gasteiger partial charge on any atom is 0.320 e. The standard InChI is InChI=1S/C6H9N3O2.C5H14NO/c7-5(6(10)11)1-4-2-8-3-9-4;1-6(2,3)4-5-7/h2-3,5H,1,7H2,(H,8,9)(H,10,11);7H,4-5H2,1-3H3/q;+1/t5-;/m0./s1. The summed E-state index contributed by atoms with van der Waals surface area (Å²) in [7, 11) is 6.16. The number of rotatable bonds is 5. The molecule has 0 aliphatic carbocycles. The monoisotopic (exact) mass is 259 g/mol. The van der Waals surface area contributed by atoms with Crippen LogP contribution >= 0.6 is 0 Å². The van der Waals surface area contributed by atoms with Gasteiger partial charge in [0.15, 0.2) is 0 Å². The third-order valence-corrected chi connectivity index (χ3v) is 2.08. The number of nitrogens with two attached hydrogens (primary N) is 1. The number of H-pyrrole nitrogens is 1. The molecule has 7 heteroatoms. The smallest absolute Gasteiger partial charge is 0.320 e. The summed E-state index contributed by atoms with van der Waals surface area (Å²) in [6.07, 6.45) is 3.34. The van der Waals surface area contributed by atoms with Crippen LogP contribution in [0.25, 0.3) is 0 Å². The zero-order valence-electron chi connectivity index (χ0n) is 11.1. The third-order valence-electron chi connectivity index (χ3n) is 2.08. The van der Waals surface area contributed by atoms with Crippen molar-refractivity contribution in [3.63, 3.8) is 0 Å². The highest BCUT2D eigenvalue weighted by Gasteiger charge is 2.12. The van der Waals surface area contributed by atoms with E-state index < -0.39 is 12.0 Å². The van der Waals surface area contributed by atoms with Crippen molar-refractivity contribution < 1.29 is 19.5 Å². The van der Waals surface area contributed by atoms with Gasteiger partial charge in [0.1, 0.15) is 12.6 Å². The van der Waals surface area contributed by atoms with Crippen LogP contribution in [0.2, 0.25) is 0 Å². The highest BCUT2D eigenvalue weighted by atomic mass is 16.4. The number of aliphatic hydroxyl groups is 1. The second-order valence-electron chi connectivity index (χ2n) is 4.96. The van der Waals surface area contributed by atoms with E-state index in [4.69, 9.17) is 15.9 Å². The number of likely N-dealkylation sites (N-methyl/N-ethyl adjacent to an activating group) is 1. The molecule has 1 rings (SSSR count). The average Bonchev–Trinajstić information content (AvgIpc) is 2.69. The topological polar surface area (TPSA) is 112 Å². The molecule has 0 aromatic carbocycles. The molecule has 0 aliphatic rings. The molecule has 0 radical (unpaired) electrons. The number of imidazole rings is 1. The summed E-state index contributed by atoms with van der Waals surface area (Å²) in [5.41, 5.74) is 6.00. The lowest BCUT2D eigenvalue weighted by Crippen LogP contribution is -2.36. The molecule has 1 aromatic heterocycles. The van der Waals surface area contributed by atoms with Crippen LogP contribution in [-0.2, 0) is 11.2 Å². The molecule has 0 unspecified atom stereocenters. The first-order valence-electron chi connectivity index (χ1n) is 5.63. The Morgan fingerprint density at radius 3 is 2.44 bits per heavy atom. The minimum Gasteiger partial charge on any atom is -0.480 e. The van der Waals surface area contributed by atoms with Crippen LogP contribution in [0.5, 0.6) is 0 Å². The average molecular weight is 259 g/mol. The lowest BCUT2D eigenvalue weighted by molar-refractivity contribution is -0.870. The van der Waals surface area contributed by atoms with E-state index in [-0.39, 0.29) is 13.0 Å². The van der Waals surface area contributed by atoms with Crippen molar-refractivity contribution in [2.45, 2.75) is 12.5 Å². The molecule has 5 N–H and O–H groups in total. The zero-order chi connectivity index (χ0) is 14.2. The second-order valence-corrected chi connectivity index (χ2v) is 4.96. The number of nitrogens with one attached hydrogen (secondary N) is 1. The van der Waals surface area contributed by atoms with Crippen LogP contribution in [-0.4, -0.2) is 71.0 Å². The van der Waals surface area contributed by atoms with Gasteiger partial charge >= 0.3 is 5.97 Å². The van der Waals surface area contributed by atoms with E-state index in [0.717, 1.165) is 16.7 Å². The molecule has 1 aromatic rings. The third kappa shape index (κ3) is 8.68. The molecule has 18 heavy (non-hydrogen) atoms. The van der Waals surface area contributed by atoms with E-state index >= 15 is 0 Å². The van der Waals surface area contributed by atoms with E-state index in [1.54, 1.807) is 6.20 Å². The molecular weight excluding hydrogens is 236 g/mol. The van der Waals surface area contributed by atoms with Crippen molar-refractivity contribution >= 4 is 5.97 Å². The van der Waals surface area contributed by atoms with Crippen molar-refractivity contribution in [1.29, 1.82) is 0 Å². The normalized spacial score (nSPS) is 12.5. The van der Waals surface area contributed by atoms with Crippen molar-refractivity contribution in [1.82, 2.24) is 9.97 Å². The number of hydrogen-bond donors (Lipinski definition) is 4. The Morgan fingerprint density at radius 2 is 2.17 bits per heavy atom. The van der Waals surface area contributed by atoms with Gasteiger partial charge in [-0.3, -0.25) is 4.79 Å². The minimum atomic E-state index is -1.00. The fraction of sp³-hybridized carbons (Fsp3) is 0.636. The quantitative estimate of drug-likeness (QED) is 0.509. The van der Waals surface area contributed by atoms with Gasteiger partial charge in [0.05, 0.1) is 34.1 Å². The highest BCUT2D eigenvalue weighted by molar-refractivity contribution is 5.73. The molecule has 0 saturated carbocycles. The molecule has 7 nitrogen and oxygen atoms in total. The van der Waals surface area contributed by atoms with Gasteiger partial charge in [-0.1, -0.05) is 0 Å². The number of carboxylic acid groups (broad SMARTS) is 1. The van der Waals surface area contributed by atoms with E-state index in [0.29, 0.717) is 0 Å². The van der Waals surface area contributed by atoms with Gasteiger partial charge in [0.2, 0.25) is 0 Å². The summed E-state index contributed by atoms with van der Waals surface area (Å²) in [4.78, 5) is 16.8. The maximum atomic E-state index is 10.3. The first-order valence-corrected chi connectivity index (χ1v) is 5.63. The lowest BCUT2D eigenvalue weighted by atomic mass is 10.2. The van der Waals surface area contributed by atoms with E-state index in [9.17, 15) is 4.79 Å². The van der Waals surface area contributed by atoms with Gasteiger partial charge in [-0.05, 0) is 0 Å². The van der Waals surface area contributed by atoms with Crippen LogP contribution in [0.3, 0.4) is 0 Å². The van der Waals surface area contributed by atoms with E-state index in [2.05, 4.69) is 31.1 Å². The first kappa shape index (κ1) is 16.6. The van der Waals surface area contributed by atoms with Crippen LogP contribution in [0.15, 0.2) is 12.5 Å². The molecule has 0 fully saturated rings. The summed E-state index contributed by atoms with van der Waals surface area (Å²) < 4.78 is 0.844. The van der Waals surface area contributed by atoms with Crippen molar-refractivity contribution in [3.05, 3.63) is 18.2 Å². The predicted octanol–water partition coefficient (Wildman–Crippen LogP) is -0.951. The number of aromatic amines is 1. The largest absolute Gasteiger partial charge is 0.480 e. The number of aliphatic hydroxyl groups excluding tert-OH is 1. The number of hydrogen-bond acceptors (Lipinski definition) is 4. The Bertz CT molecular complexity index is 333. The van der Waals surface area contributed by atoms with Crippen LogP contribution < -0.4 is 5.73 Å². The molecule has 0 spiro atoms. The maximum absolute atomic E-state index is 10.3. The highest BCUT2D eigenvalue weighted by Crippen LogP contribution is 1.95. The first-order chi connectivity index (χ1) is 8.26. The predicted molar refractivity (Wildman–Crippen MR) is 67.9 cm³/mol. The van der Waals surface area contributed by atoms with E-state index in [1.807, 2.05) is 0 Å². The molecular formula is C11H23N4O3+. The summed E-state index contributed by atoms with van der Waals surface area (Å²) in [6, 6.07) is -0.851. The summed E-state index contributed by atoms with van der Waals surface area (Å²) in [5.74, 6) is -1.00. The number of carboxylic acids is 1. The zero-order valence-corrected chi connectivity index (χ0v) is 11.1. The molecule has 0 amide bonds. The molecule has 0 bridgehead atoms. The van der Waals surface area contributed by atoms with E-state index in [1.165, 1.54) is 6.33 Å². The van der Waals surface area contributed by atoms with Gasteiger partial charge in [-0.25, -0.2) is 4.98 Å². The number of nitrogens with zero attached hydrogens (tertiary/aromatic N) is 2. The van der Waals surface area contributed by atoms with Crippen molar-refractivity contribution in [2.24, 2.45) is 5.73 Å². The van der Waals surface area contributed by atoms with Gasteiger partial charge in [-0.15, -0.1) is 0 Å².